The summed E-state index contributed by atoms with van der Waals surface area (Å²) in [5.41, 5.74) is 4.80. The maximum Gasteiger partial charge on any atom is 0.353 e. The molecule has 0 aliphatic rings. The van der Waals surface area contributed by atoms with E-state index in [-0.39, 0.29) is 23.9 Å². The fraction of sp³-hybridized carbons (Fsp3) is 0.500. The Hall–Kier alpha value is -2.45. The van der Waals surface area contributed by atoms with Crippen LogP contribution in [0.25, 0.3) is 0 Å². The van der Waals surface area contributed by atoms with Gasteiger partial charge in [-0.25, -0.2) is 9.97 Å². The summed E-state index contributed by atoms with van der Waals surface area (Å²) in [7, 11) is 1.50. The van der Waals surface area contributed by atoms with Crippen molar-refractivity contribution in [2.45, 2.75) is 13.3 Å². The monoisotopic (exact) mass is 268 g/mol. The van der Waals surface area contributed by atoms with E-state index in [1.54, 1.807) is 0 Å². The van der Waals surface area contributed by atoms with E-state index in [2.05, 4.69) is 15.3 Å². The second-order valence-electron chi connectivity index (χ2n) is 3.90. The molecule has 1 rings (SSSR count). The number of anilines is 2. The lowest BCUT2D eigenvalue weighted by molar-refractivity contribution is -0.383. The van der Waals surface area contributed by atoms with Gasteiger partial charge in [-0.2, -0.15) is 0 Å². The summed E-state index contributed by atoms with van der Waals surface area (Å²) in [6.45, 7) is 2.32. The van der Waals surface area contributed by atoms with Gasteiger partial charge in [0, 0.05) is 13.6 Å². The van der Waals surface area contributed by atoms with Crippen LogP contribution in [0.15, 0.2) is 6.33 Å². The molecular weight excluding hydrogens is 252 g/mol. The lowest BCUT2D eigenvalue weighted by Gasteiger charge is -2.16. The summed E-state index contributed by atoms with van der Waals surface area (Å²) < 4.78 is 0. The van der Waals surface area contributed by atoms with Crippen LogP contribution in [0, 0.1) is 10.1 Å². The van der Waals surface area contributed by atoms with Crippen molar-refractivity contribution in [2.75, 3.05) is 30.4 Å². The second kappa shape index (κ2) is 6.47. The van der Waals surface area contributed by atoms with Gasteiger partial charge in [0.2, 0.25) is 17.5 Å². The first-order valence-corrected chi connectivity index (χ1v) is 5.70. The number of primary amides is 1. The summed E-state index contributed by atoms with van der Waals surface area (Å²) in [5.74, 6) is -0.413. The number of nitrogens with zero attached hydrogens (tertiary/aromatic N) is 4. The highest BCUT2D eigenvalue weighted by molar-refractivity contribution is 5.81. The number of amides is 1. The summed E-state index contributed by atoms with van der Waals surface area (Å²) >= 11 is 0. The van der Waals surface area contributed by atoms with Gasteiger partial charge in [-0.05, 0) is 6.42 Å². The number of nitro groups is 1. The number of nitrogens with one attached hydrogen (secondary N) is 1. The van der Waals surface area contributed by atoms with Crippen molar-refractivity contribution in [3.05, 3.63) is 16.4 Å². The van der Waals surface area contributed by atoms with E-state index in [0.717, 1.165) is 6.42 Å². The fourth-order valence-electron chi connectivity index (χ4n) is 1.50. The normalized spacial score (nSPS) is 10.0. The van der Waals surface area contributed by atoms with Crippen LogP contribution in [0.1, 0.15) is 13.3 Å². The number of nitrogens with two attached hydrogens (primary N) is 1. The number of carbonyl (C=O) groups is 1. The van der Waals surface area contributed by atoms with E-state index in [4.69, 9.17) is 5.73 Å². The zero-order valence-electron chi connectivity index (χ0n) is 10.8. The molecule has 0 bridgehead atoms. The molecule has 0 saturated carbocycles. The van der Waals surface area contributed by atoms with Crippen LogP contribution >= 0.6 is 0 Å². The molecule has 0 atom stereocenters. The highest BCUT2D eigenvalue weighted by Crippen LogP contribution is 2.30. The molecule has 0 radical (unpaired) electrons. The van der Waals surface area contributed by atoms with Gasteiger partial charge in [0.05, 0.1) is 11.5 Å². The fourth-order valence-corrected chi connectivity index (χ4v) is 1.50. The molecule has 9 heteroatoms. The van der Waals surface area contributed by atoms with Gasteiger partial charge in [-0.1, -0.05) is 6.92 Å². The minimum Gasteiger partial charge on any atom is -0.368 e. The Morgan fingerprint density at radius 2 is 2.26 bits per heavy atom. The predicted octanol–water partition coefficient (Wildman–Crippen LogP) is 0.128. The van der Waals surface area contributed by atoms with E-state index < -0.39 is 10.8 Å². The zero-order chi connectivity index (χ0) is 14.4. The molecule has 3 N–H and O–H groups in total. The maximum atomic E-state index is 11.1. The largest absolute Gasteiger partial charge is 0.368 e. The van der Waals surface area contributed by atoms with Gasteiger partial charge < -0.3 is 16.0 Å². The van der Waals surface area contributed by atoms with Crippen molar-refractivity contribution in [3.8, 4) is 0 Å². The topological polar surface area (TPSA) is 127 Å². The molecule has 9 nitrogen and oxygen atoms in total. The van der Waals surface area contributed by atoms with E-state index in [1.807, 2.05) is 6.92 Å². The van der Waals surface area contributed by atoms with Crippen molar-refractivity contribution >= 4 is 23.2 Å². The maximum absolute atomic E-state index is 11.1. The lowest BCUT2D eigenvalue weighted by Crippen LogP contribution is -2.31. The zero-order valence-corrected chi connectivity index (χ0v) is 10.8. The first-order valence-electron chi connectivity index (χ1n) is 5.70. The molecule has 0 saturated heterocycles. The standard InChI is InChI=1S/C10H16N6O3/c1-3-4-12-9-8(16(18)19)10(14-6-13-9)15(2)5-7(11)17/h6H,3-5H2,1-2H3,(H2,11,17)(H,12,13,14). The molecule has 0 spiro atoms. The predicted molar refractivity (Wildman–Crippen MR) is 69.9 cm³/mol. The van der Waals surface area contributed by atoms with Crippen molar-refractivity contribution in [3.63, 3.8) is 0 Å². The molecule has 1 heterocycles. The Balaban J connectivity index is 3.15. The molecule has 0 aliphatic carbocycles. The molecule has 1 amide bonds. The van der Waals surface area contributed by atoms with Crippen LogP contribution in [-0.4, -0.2) is 40.9 Å². The van der Waals surface area contributed by atoms with Crippen LogP contribution in [0.2, 0.25) is 0 Å². The average Bonchev–Trinajstić information content (AvgIpc) is 2.34. The van der Waals surface area contributed by atoms with E-state index in [1.165, 1.54) is 18.3 Å². The highest BCUT2D eigenvalue weighted by Gasteiger charge is 2.25. The number of hydrogen-bond acceptors (Lipinski definition) is 7. The lowest BCUT2D eigenvalue weighted by atomic mass is 10.3. The van der Waals surface area contributed by atoms with Gasteiger partial charge in [-0.15, -0.1) is 0 Å². The summed E-state index contributed by atoms with van der Waals surface area (Å²) in [6.07, 6.45) is 2.01. The van der Waals surface area contributed by atoms with Crippen molar-refractivity contribution in [2.24, 2.45) is 5.73 Å². The minimum atomic E-state index is -0.599. The number of carbonyl (C=O) groups excluding carboxylic acids is 1. The van der Waals surface area contributed by atoms with Gasteiger partial charge in [0.15, 0.2) is 0 Å². The third-order valence-electron chi connectivity index (χ3n) is 2.28. The molecule has 0 aromatic carbocycles. The van der Waals surface area contributed by atoms with E-state index in [0.29, 0.717) is 6.54 Å². The van der Waals surface area contributed by atoms with Gasteiger partial charge >= 0.3 is 5.69 Å². The summed E-state index contributed by atoms with van der Waals surface area (Å²) in [4.78, 5) is 30.5. The van der Waals surface area contributed by atoms with Crippen LogP contribution in [0.4, 0.5) is 17.3 Å². The second-order valence-corrected chi connectivity index (χ2v) is 3.90. The van der Waals surface area contributed by atoms with Gasteiger partial charge in [0.25, 0.3) is 0 Å². The van der Waals surface area contributed by atoms with Crippen LogP contribution in [0.3, 0.4) is 0 Å². The number of aromatic nitrogens is 2. The quantitative estimate of drug-likeness (QED) is 0.531. The molecule has 104 valence electrons. The van der Waals surface area contributed by atoms with Gasteiger partial charge in [-0.3, -0.25) is 14.9 Å². The first-order chi connectivity index (χ1) is 8.97. The molecule has 0 aliphatic heterocycles. The molecule has 0 unspecified atom stereocenters. The highest BCUT2D eigenvalue weighted by atomic mass is 16.6. The number of likely N-dealkylation sites (N-methyl/N-ethyl adjacent to an activating group) is 1. The van der Waals surface area contributed by atoms with E-state index >= 15 is 0 Å². The SMILES string of the molecule is CCCNc1ncnc(N(C)CC(N)=O)c1[N+](=O)[O-]. The Morgan fingerprint density at radius 3 is 2.79 bits per heavy atom. The number of rotatable bonds is 7. The van der Waals surface area contributed by atoms with Crippen LogP contribution in [0.5, 0.6) is 0 Å². The van der Waals surface area contributed by atoms with Gasteiger partial charge in [0.1, 0.15) is 6.33 Å². The molecule has 1 aromatic rings. The van der Waals surface area contributed by atoms with Crippen molar-refractivity contribution in [1.29, 1.82) is 0 Å². The van der Waals surface area contributed by atoms with Crippen LogP contribution < -0.4 is 16.0 Å². The number of hydrogen-bond donors (Lipinski definition) is 2. The summed E-state index contributed by atoms with van der Waals surface area (Å²) in [5, 5.41) is 14.0. The molecule has 0 fully saturated rings. The van der Waals surface area contributed by atoms with Crippen molar-refractivity contribution in [1.82, 2.24) is 9.97 Å². The molecular formula is C10H16N6O3. The molecule has 19 heavy (non-hydrogen) atoms. The first kappa shape index (κ1) is 14.6. The summed E-state index contributed by atoms with van der Waals surface area (Å²) in [6, 6.07) is 0. The Labute approximate surface area is 110 Å². The van der Waals surface area contributed by atoms with E-state index in [9.17, 15) is 14.9 Å². The third-order valence-corrected chi connectivity index (χ3v) is 2.28. The average molecular weight is 268 g/mol. The Kier molecular flexibility index (Phi) is 4.98. The molecule has 1 aromatic heterocycles. The Morgan fingerprint density at radius 1 is 1.58 bits per heavy atom. The minimum absolute atomic E-state index is 0.0532. The smallest absolute Gasteiger partial charge is 0.353 e. The van der Waals surface area contributed by atoms with Crippen LogP contribution in [-0.2, 0) is 4.79 Å². The van der Waals surface area contributed by atoms with Crippen molar-refractivity contribution < 1.29 is 9.72 Å². The third kappa shape index (κ3) is 3.76. The Bertz CT molecular complexity index is 478.